The molecule has 1 spiro atoms. The van der Waals surface area contributed by atoms with Gasteiger partial charge in [-0.3, -0.25) is 4.90 Å². The van der Waals surface area contributed by atoms with Gasteiger partial charge in [0, 0.05) is 19.2 Å². The number of hydrogen-bond donors (Lipinski definition) is 1. The van der Waals surface area contributed by atoms with E-state index in [1.165, 1.54) is 37.2 Å². The summed E-state index contributed by atoms with van der Waals surface area (Å²) < 4.78 is 6.22. The SMILES string of the molecule is CCN(CC(C)(C)CN)C1CCOC2(CCSCC2)C1. The maximum atomic E-state index is 6.22. The van der Waals surface area contributed by atoms with Crippen molar-refractivity contribution in [1.82, 2.24) is 4.90 Å². The minimum absolute atomic E-state index is 0.189. The molecule has 0 aromatic rings. The van der Waals surface area contributed by atoms with Gasteiger partial charge in [-0.2, -0.15) is 11.8 Å². The Morgan fingerprint density at radius 1 is 1.35 bits per heavy atom. The first-order valence-electron chi connectivity index (χ1n) is 8.16. The average Bonchev–Trinajstić information content (AvgIpc) is 2.46. The zero-order valence-electron chi connectivity index (χ0n) is 13.5. The van der Waals surface area contributed by atoms with E-state index in [0.29, 0.717) is 6.04 Å². The normalized spacial score (nSPS) is 27.1. The Kier molecular flexibility index (Phi) is 5.80. The van der Waals surface area contributed by atoms with E-state index < -0.39 is 0 Å². The Bertz CT molecular complexity index is 297. The van der Waals surface area contributed by atoms with Crippen molar-refractivity contribution in [3.63, 3.8) is 0 Å². The van der Waals surface area contributed by atoms with Gasteiger partial charge in [0.05, 0.1) is 5.60 Å². The third kappa shape index (κ3) is 4.12. The molecule has 2 aliphatic heterocycles. The van der Waals surface area contributed by atoms with Gasteiger partial charge in [0.15, 0.2) is 0 Å². The molecular weight excluding hydrogens is 268 g/mol. The Balaban J connectivity index is 1.98. The molecule has 2 fully saturated rings. The highest BCUT2D eigenvalue weighted by Crippen LogP contribution is 2.39. The fourth-order valence-corrected chi connectivity index (χ4v) is 4.76. The molecule has 2 rings (SSSR count). The van der Waals surface area contributed by atoms with E-state index in [1.54, 1.807) is 0 Å². The van der Waals surface area contributed by atoms with Crippen molar-refractivity contribution in [3.05, 3.63) is 0 Å². The standard InChI is InChI=1S/C16H32N2OS/c1-4-18(13-15(2,3)12-17)14-5-8-19-16(11-14)6-9-20-10-7-16/h14H,4-13,17H2,1-3H3. The van der Waals surface area contributed by atoms with Crippen LogP contribution in [-0.2, 0) is 4.74 Å². The van der Waals surface area contributed by atoms with Crippen LogP contribution in [0.3, 0.4) is 0 Å². The van der Waals surface area contributed by atoms with Crippen molar-refractivity contribution >= 4 is 11.8 Å². The zero-order chi connectivity index (χ0) is 14.6. The smallest absolute Gasteiger partial charge is 0.0713 e. The predicted molar refractivity (Wildman–Crippen MR) is 88.3 cm³/mol. The molecule has 1 atom stereocenters. The van der Waals surface area contributed by atoms with E-state index in [0.717, 1.165) is 26.2 Å². The van der Waals surface area contributed by atoms with Crippen molar-refractivity contribution < 1.29 is 4.74 Å². The molecule has 0 aromatic heterocycles. The summed E-state index contributed by atoms with van der Waals surface area (Å²) in [6.45, 7) is 10.8. The maximum Gasteiger partial charge on any atom is 0.0713 e. The maximum absolute atomic E-state index is 6.22. The van der Waals surface area contributed by atoms with Crippen LogP contribution in [0.25, 0.3) is 0 Å². The number of ether oxygens (including phenoxy) is 1. The largest absolute Gasteiger partial charge is 0.375 e. The van der Waals surface area contributed by atoms with Crippen LogP contribution in [0.5, 0.6) is 0 Å². The molecule has 1 unspecified atom stereocenters. The Hall–Kier alpha value is 0.230. The van der Waals surface area contributed by atoms with Crippen LogP contribution in [-0.4, -0.2) is 54.3 Å². The summed E-state index contributed by atoms with van der Waals surface area (Å²) >= 11 is 2.08. The van der Waals surface area contributed by atoms with E-state index in [1.807, 2.05) is 0 Å². The molecule has 118 valence electrons. The number of nitrogens with zero attached hydrogens (tertiary/aromatic N) is 1. The van der Waals surface area contributed by atoms with E-state index in [4.69, 9.17) is 10.5 Å². The Morgan fingerprint density at radius 2 is 2.05 bits per heavy atom. The fraction of sp³-hybridized carbons (Fsp3) is 1.00. The van der Waals surface area contributed by atoms with Crippen LogP contribution in [0.15, 0.2) is 0 Å². The molecule has 2 heterocycles. The molecule has 0 aromatic carbocycles. The monoisotopic (exact) mass is 300 g/mol. The number of hydrogen-bond acceptors (Lipinski definition) is 4. The summed E-state index contributed by atoms with van der Waals surface area (Å²) in [6.07, 6.45) is 4.89. The van der Waals surface area contributed by atoms with Crippen LogP contribution < -0.4 is 5.73 Å². The van der Waals surface area contributed by atoms with Crippen LogP contribution in [0.2, 0.25) is 0 Å². The molecule has 0 bridgehead atoms. The van der Waals surface area contributed by atoms with E-state index in [9.17, 15) is 0 Å². The van der Waals surface area contributed by atoms with Crippen molar-refractivity contribution in [3.8, 4) is 0 Å². The summed E-state index contributed by atoms with van der Waals surface area (Å²) in [5.41, 5.74) is 6.32. The molecule has 20 heavy (non-hydrogen) atoms. The van der Waals surface area contributed by atoms with E-state index in [2.05, 4.69) is 37.4 Å². The molecule has 3 nitrogen and oxygen atoms in total. The minimum atomic E-state index is 0.189. The summed E-state index contributed by atoms with van der Waals surface area (Å²) in [5, 5.41) is 0. The Labute approximate surface area is 129 Å². The number of nitrogens with two attached hydrogens (primary N) is 1. The molecule has 2 aliphatic rings. The van der Waals surface area contributed by atoms with Crippen LogP contribution >= 0.6 is 11.8 Å². The minimum Gasteiger partial charge on any atom is -0.375 e. The van der Waals surface area contributed by atoms with Crippen molar-refractivity contribution in [2.45, 2.75) is 58.1 Å². The lowest BCUT2D eigenvalue weighted by Crippen LogP contribution is -2.52. The molecular formula is C16H32N2OS. The average molecular weight is 301 g/mol. The molecule has 0 radical (unpaired) electrons. The summed E-state index contributed by atoms with van der Waals surface area (Å²) in [4.78, 5) is 2.65. The molecule has 2 N–H and O–H groups in total. The van der Waals surface area contributed by atoms with E-state index in [-0.39, 0.29) is 11.0 Å². The predicted octanol–water partition coefficient (Wildman–Crippen LogP) is 2.74. The van der Waals surface area contributed by atoms with Gasteiger partial charge >= 0.3 is 0 Å². The van der Waals surface area contributed by atoms with Gasteiger partial charge in [-0.05, 0) is 55.7 Å². The molecule has 0 amide bonds. The van der Waals surface area contributed by atoms with Crippen molar-refractivity contribution in [2.24, 2.45) is 11.1 Å². The molecule has 2 saturated heterocycles. The topological polar surface area (TPSA) is 38.5 Å². The van der Waals surface area contributed by atoms with Gasteiger partial charge in [0.25, 0.3) is 0 Å². The number of thioether (sulfide) groups is 1. The highest BCUT2D eigenvalue weighted by Gasteiger charge is 2.40. The second kappa shape index (κ2) is 6.99. The summed E-state index contributed by atoms with van der Waals surface area (Å²) in [7, 11) is 0. The second-order valence-electron chi connectivity index (χ2n) is 7.22. The highest BCUT2D eigenvalue weighted by atomic mass is 32.2. The van der Waals surface area contributed by atoms with Gasteiger partial charge in [-0.1, -0.05) is 20.8 Å². The van der Waals surface area contributed by atoms with Gasteiger partial charge in [0.2, 0.25) is 0 Å². The number of rotatable bonds is 5. The van der Waals surface area contributed by atoms with Crippen molar-refractivity contribution in [1.29, 1.82) is 0 Å². The lowest BCUT2D eigenvalue weighted by molar-refractivity contribution is -0.112. The molecule has 0 saturated carbocycles. The first-order chi connectivity index (χ1) is 9.50. The van der Waals surface area contributed by atoms with Gasteiger partial charge < -0.3 is 10.5 Å². The van der Waals surface area contributed by atoms with Crippen LogP contribution in [0.1, 0.15) is 46.5 Å². The Morgan fingerprint density at radius 3 is 2.65 bits per heavy atom. The lowest BCUT2D eigenvalue weighted by atomic mass is 9.83. The quantitative estimate of drug-likeness (QED) is 0.847. The summed E-state index contributed by atoms with van der Waals surface area (Å²) in [5.74, 6) is 2.54. The first-order valence-corrected chi connectivity index (χ1v) is 9.32. The molecule has 4 heteroatoms. The zero-order valence-corrected chi connectivity index (χ0v) is 14.3. The van der Waals surface area contributed by atoms with Crippen LogP contribution in [0.4, 0.5) is 0 Å². The highest BCUT2D eigenvalue weighted by molar-refractivity contribution is 7.99. The third-order valence-electron chi connectivity index (χ3n) is 4.98. The van der Waals surface area contributed by atoms with Gasteiger partial charge in [0.1, 0.15) is 0 Å². The van der Waals surface area contributed by atoms with Crippen LogP contribution in [0, 0.1) is 5.41 Å². The second-order valence-corrected chi connectivity index (χ2v) is 8.45. The van der Waals surface area contributed by atoms with E-state index >= 15 is 0 Å². The third-order valence-corrected chi connectivity index (χ3v) is 5.96. The molecule has 0 aliphatic carbocycles. The lowest BCUT2D eigenvalue weighted by Gasteiger charge is -2.47. The fourth-order valence-electron chi connectivity index (χ4n) is 3.52. The summed E-state index contributed by atoms with van der Waals surface area (Å²) in [6, 6.07) is 0.683. The van der Waals surface area contributed by atoms with Gasteiger partial charge in [-0.25, -0.2) is 0 Å². The van der Waals surface area contributed by atoms with Crippen molar-refractivity contribution in [2.75, 3.05) is 37.7 Å². The first kappa shape index (κ1) is 16.6. The van der Waals surface area contributed by atoms with Gasteiger partial charge in [-0.15, -0.1) is 0 Å².